The molecule has 0 radical (unpaired) electrons. The molecule has 0 saturated heterocycles. The molecule has 3 rings (SSSR count). The van der Waals surface area contributed by atoms with Gasteiger partial charge in [0.1, 0.15) is 18.9 Å². The number of fused-ring (bicyclic) bond motifs is 1. The van der Waals surface area contributed by atoms with Gasteiger partial charge in [-0.3, -0.25) is 9.48 Å². The molecule has 6 nitrogen and oxygen atoms in total. The normalized spacial score (nSPS) is 16.1. The van der Waals surface area contributed by atoms with Gasteiger partial charge in [0.25, 0.3) is 12.3 Å². The predicted octanol–water partition coefficient (Wildman–Crippen LogP) is 3.16. The third kappa shape index (κ3) is 4.39. The lowest BCUT2D eigenvalue weighted by atomic mass is 10.0. The van der Waals surface area contributed by atoms with E-state index in [0.717, 1.165) is 16.4 Å². The van der Waals surface area contributed by atoms with Crippen molar-refractivity contribution in [2.24, 2.45) is 5.73 Å². The Bertz CT molecular complexity index is 828. The number of aryl methyl sites for hydroxylation is 1. The van der Waals surface area contributed by atoms with Gasteiger partial charge >= 0.3 is 0 Å². The Kier molecular flexibility index (Phi) is 5.96. The Morgan fingerprint density at radius 2 is 2.26 bits per heavy atom. The number of hydrogen-bond acceptors (Lipinski definition) is 4. The number of halogens is 3. The van der Waals surface area contributed by atoms with Crippen molar-refractivity contribution in [1.82, 2.24) is 9.78 Å². The van der Waals surface area contributed by atoms with Crippen molar-refractivity contribution in [3.8, 4) is 5.75 Å². The Hall–Kier alpha value is -2.19. The predicted molar refractivity (Wildman–Crippen MR) is 98.5 cm³/mol. The molecule has 1 amide bonds. The van der Waals surface area contributed by atoms with Gasteiger partial charge in [0, 0.05) is 29.6 Å². The van der Waals surface area contributed by atoms with Crippen molar-refractivity contribution in [3.63, 3.8) is 0 Å². The van der Waals surface area contributed by atoms with Crippen LogP contribution in [-0.2, 0) is 19.4 Å². The van der Waals surface area contributed by atoms with Crippen LogP contribution in [0.15, 0.2) is 24.3 Å². The summed E-state index contributed by atoms with van der Waals surface area (Å²) in [4.78, 5) is 12.7. The van der Waals surface area contributed by atoms with Crippen LogP contribution in [0.1, 0.15) is 35.1 Å². The van der Waals surface area contributed by atoms with Crippen molar-refractivity contribution < 1.29 is 18.3 Å². The molecule has 27 heavy (non-hydrogen) atoms. The van der Waals surface area contributed by atoms with E-state index < -0.39 is 18.9 Å². The van der Waals surface area contributed by atoms with Gasteiger partial charge in [0.2, 0.25) is 0 Å². The lowest BCUT2D eigenvalue weighted by Gasteiger charge is -2.23. The van der Waals surface area contributed by atoms with Crippen molar-refractivity contribution in [1.29, 1.82) is 0 Å². The van der Waals surface area contributed by atoms with E-state index in [1.54, 1.807) is 12.1 Å². The zero-order valence-electron chi connectivity index (χ0n) is 14.9. The Morgan fingerprint density at radius 3 is 2.96 bits per heavy atom. The zero-order valence-corrected chi connectivity index (χ0v) is 15.6. The smallest absolute Gasteiger partial charge is 0.293 e. The van der Waals surface area contributed by atoms with Gasteiger partial charge in [-0.1, -0.05) is 19.4 Å². The van der Waals surface area contributed by atoms with E-state index in [1.165, 1.54) is 10.7 Å². The molecule has 146 valence electrons. The number of hydrogen-bond donors (Lipinski definition) is 1. The number of rotatable bonds is 6. The van der Waals surface area contributed by atoms with Crippen LogP contribution in [0.5, 0.6) is 5.75 Å². The minimum absolute atomic E-state index is 0.0229. The van der Waals surface area contributed by atoms with E-state index in [-0.39, 0.29) is 11.7 Å². The van der Waals surface area contributed by atoms with Gasteiger partial charge in [0.05, 0.1) is 5.69 Å². The first-order chi connectivity index (χ1) is 12.9. The summed E-state index contributed by atoms with van der Waals surface area (Å²) in [5.74, 6) is 0.0389. The molecule has 1 aliphatic rings. The lowest BCUT2D eigenvalue weighted by Crippen LogP contribution is -2.33. The molecule has 1 unspecified atom stereocenters. The number of ether oxygens (including phenoxy) is 1. The second-order valence-corrected chi connectivity index (χ2v) is 6.84. The van der Waals surface area contributed by atoms with Crippen molar-refractivity contribution in [2.45, 2.75) is 45.2 Å². The lowest BCUT2D eigenvalue weighted by molar-refractivity contribution is 0.0994. The molecule has 2 N–H and O–H groups in total. The summed E-state index contributed by atoms with van der Waals surface area (Å²) >= 11 is 6.21. The summed E-state index contributed by atoms with van der Waals surface area (Å²) in [6, 6.07) is 6.61. The van der Waals surface area contributed by atoms with Crippen LogP contribution in [-0.4, -0.2) is 34.8 Å². The Morgan fingerprint density at radius 1 is 1.48 bits per heavy atom. The van der Waals surface area contributed by atoms with E-state index in [9.17, 15) is 13.6 Å². The van der Waals surface area contributed by atoms with Crippen LogP contribution in [0.2, 0.25) is 0 Å². The number of alkyl halides is 2. The third-order valence-corrected chi connectivity index (χ3v) is 4.64. The summed E-state index contributed by atoms with van der Waals surface area (Å²) < 4.78 is 33.2. The van der Waals surface area contributed by atoms with Crippen molar-refractivity contribution in [3.05, 3.63) is 41.2 Å². The van der Waals surface area contributed by atoms with Crippen LogP contribution < -0.4 is 14.9 Å². The van der Waals surface area contributed by atoms with Gasteiger partial charge in [-0.05, 0) is 30.5 Å². The molecule has 0 aliphatic carbocycles. The first kappa shape index (κ1) is 19.6. The second-order valence-electron chi connectivity index (χ2n) is 6.50. The fourth-order valence-electron chi connectivity index (χ4n) is 3.03. The zero-order chi connectivity index (χ0) is 19.6. The monoisotopic (exact) mass is 398 g/mol. The maximum Gasteiger partial charge on any atom is 0.293 e. The van der Waals surface area contributed by atoms with Gasteiger partial charge < -0.3 is 10.5 Å². The van der Waals surface area contributed by atoms with E-state index in [1.807, 2.05) is 13.0 Å². The highest BCUT2D eigenvalue weighted by atomic mass is 35.5. The number of nitrogens with two attached hydrogens (primary N) is 1. The standard InChI is InChI=1S/C18H21ClF2N4O2/c1-2-3-13-7-15(23-24(13)9-17(20)21)18(26)25(19)14-5-4-11-6-12(22)10-27-16(11)8-14/h4-5,7-8,12,17H,2-3,6,9-10,22H2,1H3. The summed E-state index contributed by atoms with van der Waals surface area (Å²) in [5, 5.41) is 4.03. The summed E-state index contributed by atoms with van der Waals surface area (Å²) in [7, 11) is 0. The summed E-state index contributed by atoms with van der Waals surface area (Å²) in [6.07, 6.45) is -0.580. The van der Waals surface area contributed by atoms with Crippen LogP contribution in [0.3, 0.4) is 0 Å². The van der Waals surface area contributed by atoms with E-state index >= 15 is 0 Å². The fraction of sp³-hybridized carbons (Fsp3) is 0.444. The van der Waals surface area contributed by atoms with Crippen LogP contribution in [0.4, 0.5) is 14.5 Å². The number of anilines is 1. The largest absolute Gasteiger partial charge is 0.492 e. The molecule has 0 fully saturated rings. The molecular formula is C18H21ClF2N4O2. The molecule has 1 atom stereocenters. The van der Waals surface area contributed by atoms with Crippen molar-refractivity contribution in [2.75, 3.05) is 11.0 Å². The van der Waals surface area contributed by atoms with E-state index in [2.05, 4.69) is 5.10 Å². The third-order valence-electron chi connectivity index (χ3n) is 4.29. The van der Waals surface area contributed by atoms with Crippen LogP contribution >= 0.6 is 11.8 Å². The molecule has 1 aliphatic heterocycles. The van der Waals surface area contributed by atoms with Crippen LogP contribution in [0, 0.1) is 0 Å². The minimum Gasteiger partial charge on any atom is -0.492 e. The molecule has 1 aromatic heterocycles. The average Bonchev–Trinajstić information content (AvgIpc) is 3.02. The number of nitrogens with zero attached hydrogens (tertiary/aromatic N) is 3. The SMILES string of the molecule is CCCc1cc(C(=O)N(Cl)c2ccc3c(c2)OCC(N)C3)nn1CC(F)F. The average molecular weight is 399 g/mol. The highest BCUT2D eigenvalue weighted by molar-refractivity contribution is 6.39. The molecule has 0 spiro atoms. The molecule has 2 aromatic rings. The number of carbonyl (C=O) groups is 1. The van der Waals surface area contributed by atoms with Crippen LogP contribution in [0.25, 0.3) is 0 Å². The van der Waals surface area contributed by atoms with Gasteiger partial charge in [-0.25, -0.2) is 13.2 Å². The molecule has 0 bridgehead atoms. The number of benzene rings is 1. The fourth-order valence-corrected chi connectivity index (χ4v) is 3.22. The number of carbonyl (C=O) groups excluding carboxylic acids is 1. The molecular weight excluding hydrogens is 378 g/mol. The number of aromatic nitrogens is 2. The summed E-state index contributed by atoms with van der Waals surface area (Å²) in [6.45, 7) is 1.76. The maximum atomic E-state index is 12.8. The molecule has 9 heteroatoms. The van der Waals surface area contributed by atoms with Crippen molar-refractivity contribution >= 4 is 23.4 Å². The second kappa shape index (κ2) is 8.22. The molecule has 1 aromatic carbocycles. The maximum absolute atomic E-state index is 12.8. The first-order valence-corrected chi connectivity index (χ1v) is 9.09. The number of amides is 1. The molecule has 2 heterocycles. The first-order valence-electron chi connectivity index (χ1n) is 8.75. The van der Waals surface area contributed by atoms with Gasteiger partial charge in [-0.15, -0.1) is 0 Å². The topological polar surface area (TPSA) is 73.4 Å². The Labute approximate surface area is 160 Å². The highest BCUT2D eigenvalue weighted by Gasteiger charge is 2.24. The molecule has 0 saturated carbocycles. The summed E-state index contributed by atoms with van der Waals surface area (Å²) in [5.41, 5.74) is 7.83. The van der Waals surface area contributed by atoms with E-state index in [0.29, 0.717) is 36.6 Å². The quantitative estimate of drug-likeness (QED) is 0.758. The highest BCUT2D eigenvalue weighted by Crippen LogP contribution is 2.31. The Balaban J connectivity index is 1.83. The van der Waals surface area contributed by atoms with Gasteiger partial charge in [-0.2, -0.15) is 5.10 Å². The van der Waals surface area contributed by atoms with E-state index in [4.69, 9.17) is 22.2 Å². The minimum atomic E-state index is -2.56. The van der Waals surface area contributed by atoms with Gasteiger partial charge in [0.15, 0.2) is 5.69 Å².